The monoisotopic (exact) mass is 232 g/mol. The molecule has 1 aliphatic heterocycles. The van der Waals surface area contributed by atoms with Gasteiger partial charge in [0.25, 0.3) is 0 Å². The summed E-state index contributed by atoms with van der Waals surface area (Å²) in [5.74, 6) is 0. The van der Waals surface area contributed by atoms with Crippen LogP contribution in [0.4, 0.5) is 0 Å². The van der Waals surface area contributed by atoms with Crippen LogP contribution in [0.5, 0.6) is 0 Å². The van der Waals surface area contributed by atoms with E-state index in [1.54, 1.807) is 0 Å². The number of hydrogen-bond donors (Lipinski definition) is 1. The summed E-state index contributed by atoms with van der Waals surface area (Å²) in [5, 5.41) is 0. The summed E-state index contributed by atoms with van der Waals surface area (Å²) in [5.41, 5.74) is 7.48. The molecule has 94 valence electrons. The molecule has 2 rings (SSSR count). The first-order valence-corrected chi connectivity index (χ1v) is 6.78. The van der Waals surface area contributed by atoms with Gasteiger partial charge in [-0.2, -0.15) is 0 Å². The first-order chi connectivity index (χ1) is 8.22. The Balaban J connectivity index is 2.13. The SMILES string of the molecule is CCC(c1ccccc1)N1CCC(N)CC1C. The van der Waals surface area contributed by atoms with E-state index in [0.29, 0.717) is 18.1 Å². The molecule has 17 heavy (non-hydrogen) atoms. The van der Waals surface area contributed by atoms with E-state index in [2.05, 4.69) is 49.1 Å². The summed E-state index contributed by atoms with van der Waals surface area (Å²) in [6.07, 6.45) is 3.43. The van der Waals surface area contributed by atoms with Crippen molar-refractivity contribution < 1.29 is 0 Å². The highest BCUT2D eigenvalue weighted by Crippen LogP contribution is 2.30. The molecule has 0 aliphatic carbocycles. The molecule has 0 amide bonds. The summed E-state index contributed by atoms with van der Waals surface area (Å²) in [4.78, 5) is 2.62. The van der Waals surface area contributed by atoms with Gasteiger partial charge in [0, 0.05) is 24.7 Å². The van der Waals surface area contributed by atoms with Crippen molar-refractivity contribution in [1.82, 2.24) is 4.90 Å². The van der Waals surface area contributed by atoms with Crippen LogP contribution in [0.1, 0.15) is 44.7 Å². The molecule has 0 radical (unpaired) electrons. The van der Waals surface area contributed by atoms with Crippen LogP contribution in [-0.4, -0.2) is 23.5 Å². The lowest BCUT2D eigenvalue weighted by molar-refractivity contribution is 0.0928. The highest BCUT2D eigenvalue weighted by molar-refractivity contribution is 5.19. The van der Waals surface area contributed by atoms with Crippen molar-refractivity contribution in [2.75, 3.05) is 6.54 Å². The lowest BCUT2D eigenvalue weighted by atomic mass is 9.93. The van der Waals surface area contributed by atoms with Crippen LogP contribution >= 0.6 is 0 Å². The summed E-state index contributed by atoms with van der Waals surface area (Å²) >= 11 is 0. The summed E-state index contributed by atoms with van der Waals surface area (Å²) in [7, 11) is 0. The fourth-order valence-electron chi connectivity index (χ4n) is 3.03. The van der Waals surface area contributed by atoms with Gasteiger partial charge in [0.05, 0.1) is 0 Å². The second-order valence-corrected chi connectivity index (χ2v) is 5.21. The van der Waals surface area contributed by atoms with Gasteiger partial charge in [-0.15, -0.1) is 0 Å². The molecule has 2 N–H and O–H groups in total. The van der Waals surface area contributed by atoms with Gasteiger partial charge in [-0.25, -0.2) is 0 Å². The van der Waals surface area contributed by atoms with Gasteiger partial charge in [-0.1, -0.05) is 37.3 Å². The topological polar surface area (TPSA) is 29.3 Å². The van der Waals surface area contributed by atoms with Gasteiger partial charge < -0.3 is 5.73 Å². The maximum Gasteiger partial charge on any atom is 0.0348 e. The molecule has 1 saturated heterocycles. The molecule has 0 aromatic heterocycles. The summed E-state index contributed by atoms with van der Waals surface area (Å²) in [6, 6.07) is 12.4. The fourth-order valence-corrected chi connectivity index (χ4v) is 3.03. The molecule has 2 nitrogen and oxygen atoms in total. The third-order valence-electron chi connectivity index (χ3n) is 3.94. The molecule has 3 atom stereocenters. The van der Waals surface area contributed by atoms with Crippen molar-refractivity contribution in [1.29, 1.82) is 0 Å². The van der Waals surface area contributed by atoms with Crippen molar-refractivity contribution in [3.8, 4) is 0 Å². The van der Waals surface area contributed by atoms with Crippen molar-refractivity contribution in [3.63, 3.8) is 0 Å². The fraction of sp³-hybridized carbons (Fsp3) is 0.600. The van der Waals surface area contributed by atoms with Gasteiger partial charge in [-0.05, 0) is 31.7 Å². The predicted molar refractivity (Wildman–Crippen MR) is 72.9 cm³/mol. The van der Waals surface area contributed by atoms with Crippen LogP contribution in [0.15, 0.2) is 30.3 Å². The molecule has 0 bridgehead atoms. The van der Waals surface area contributed by atoms with E-state index in [4.69, 9.17) is 5.73 Å². The highest BCUT2D eigenvalue weighted by Gasteiger charge is 2.28. The molecule has 0 saturated carbocycles. The number of nitrogens with zero attached hydrogens (tertiary/aromatic N) is 1. The minimum atomic E-state index is 0.398. The lowest BCUT2D eigenvalue weighted by Gasteiger charge is -2.41. The molecular weight excluding hydrogens is 208 g/mol. The molecule has 1 heterocycles. The van der Waals surface area contributed by atoms with Gasteiger partial charge in [-0.3, -0.25) is 4.90 Å². The Morgan fingerprint density at radius 1 is 1.35 bits per heavy atom. The molecule has 1 aromatic rings. The van der Waals surface area contributed by atoms with Crippen LogP contribution < -0.4 is 5.73 Å². The second-order valence-electron chi connectivity index (χ2n) is 5.21. The molecular formula is C15H24N2. The normalized spacial score (nSPS) is 27.9. The van der Waals surface area contributed by atoms with Gasteiger partial charge in [0.1, 0.15) is 0 Å². The average molecular weight is 232 g/mol. The Labute approximate surface area is 105 Å². The Hall–Kier alpha value is -0.860. The number of likely N-dealkylation sites (tertiary alicyclic amines) is 1. The van der Waals surface area contributed by atoms with E-state index < -0.39 is 0 Å². The molecule has 2 heteroatoms. The lowest BCUT2D eigenvalue weighted by Crippen LogP contribution is -2.46. The number of benzene rings is 1. The van der Waals surface area contributed by atoms with Crippen molar-refractivity contribution >= 4 is 0 Å². The zero-order chi connectivity index (χ0) is 12.3. The van der Waals surface area contributed by atoms with Gasteiger partial charge in [0.15, 0.2) is 0 Å². The van der Waals surface area contributed by atoms with E-state index in [-0.39, 0.29) is 0 Å². The first-order valence-electron chi connectivity index (χ1n) is 6.78. The van der Waals surface area contributed by atoms with Crippen LogP contribution in [0, 0.1) is 0 Å². The van der Waals surface area contributed by atoms with Crippen LogP contribution in [0.3, 0.4) is 0 Å². The van der Waals surface area contributed by atoms with Crippen molar-refractivity contribution in [3.05, 3.63) is 35.9 Å². The Morgan fingerprint density at radius 2 is 2.06 bits per heavy atom. The Kier molecular flexibility index (Phi) is 4.19. The van der Waals surface area contributed by atoms with Gasteiger partial charge in [0.2, 0.25) is 0 Å². The third-order valence-corrected chi connectivity index (χ3v) is 3.94. The summed E-state index contributed by atoms with van der Waals surface area (Å²) < 4.78 is 0. The Morgan fingerprint density at radius 3 is 2.65 bits per heavy atom. The quantitative estimate of drug-likeness (QED) is 0.868. The molecule has 1 fully saturated rings. The van der Waals surface area contributed by atoms with Crippen molar-refractivity contribution in [2.45, 2.75) is 51.2 Å². The van der Waals surface area contributed by atoms with Crippen molar-refractivity contribution in [2.24, 2.45) is 5.73 Å². The summed E-state index contributed by atoms with van der Waals surface area (Å²) in [6.45, 7) is 5.72. The first kappa shape index (κ1) is 12.6. The van der Waals surface area contributed by atoms with E-state index in [1.165, 1.54) is 12.0 Å². The number of hydrogen-bond acceptors (Lipinski definition) is 2. The smallest absolute Gasteiger partial charge is 0.0348 e. The zero-order valence-electron chi connectivity index (χ0n) is 11.0. The molecule has 0 spiro atoms. The largest absolute Gasteiger partial charge is 0.328 e. The van der Waals surface area contributed by atoms with E-state index >= 15 is 0 Å². The van der Waals surface area contributed by atoms with Crippen LogP contribution in [0.2, 0.25) is 0 Å². The van der Waals surface area contributed by atoms with Crippen LogP contribution in [0.25, 0.3) is 0 Å². The van der Waals surface area contributed by atoms with Crippen LogP contribution in [-0.2, 0) is 0 Å². The number of piperidine rings is 1. The molecule has 1 aromatic carbocycles. The maximum atomic E-state index is 6.04. The maximum absolute atomic E-state index is 6.04. The average Bonchev–Trinajstić information content (AvgIpc) is 2.34. The van der Waals surface area contributed by atoms with E-state index in [0.717, 1.165) is 19.4 Å². The number of rotatable bonds is 3. The predicted octanol–water partition coefficient (Wildman–Crippen LogP) is 2.95. The van der Waals surface area contributed by atoms with E-state index in [9.17, 15) is 0 Å². The highest BCUT2D eigenvalue weighted by atomic mass is 15.2. The van der Waals surface area contributed by atoms with E-state index in [1.807, 2.05) is 0 Å². The standard InChI is InChI=1S/C15H24N2/c1-3-15(13-7-5-4-6-8-13)17-10-9-14(16)11-12(17)2/h4-8,12,14-15H,3,9-11,16H2,1-2H3. The van der Waals surface area contributed by atoms with Gasteiger partial charge >= 0.3 is 0 Å². The molecule has 3 unspecified atom stereocenters. The second kappa shape index (κ2) is 5.65. The Bertz CT molecular complexity index is 336. The zero-order valence-corrected chi connectivity index (χ0v) is 11.0. The minimum absolute atomic E-state index is 0.398. The number of nitrogens with two attached hydrogens (primary N) is 1. The third kappa shape index (κ3) is 2.88. The molecule has 1 aliphatic rings. The minimum Gasteiger partial charge on any atom is -0.328 e.